The maximum absolute atomic E-state index is 10.5. The van der Waals surface area contributed by atoms with Crippen LogP contribution in [0.1, 0.15) is 18.4 Å². The minimum Gasteiger partial charge on any atom is -0.481 e. The molecular weight excluding hydrogens is 204 g/mol. The first-order valence-electron chi connectivity index (χ1n) is 5.47. The lowest BCUT2D eigenvalue weighted by Gasteiger charge is -2.06. The Morgan fingerprint density at radius 3 is 2.50 bits per heavy atom. The fourth-order valence-electron chi connectivity index (χ4n) is 1.42. The second kappa shape index (κ2) is 6.85. The Balaban J connectivity index is 2.36. The molecule has 0 amide bonds. The molecule has 0 saturated carbocycles. The number of nitrogens with one attached hydrogen (secondary N) is 1. The summed E-state index contributed by atoms with van der Waals surface area (Å²) in [6.45, 7) is 1.62. The highest BCUT2D eigenvalue weighted by atomic mass is 16.4. The van der Waals surface area contributed by atoms with Gasteiger partial charge in [-0.3, -0.25) is 4.79 Å². The first-order chi connectivity index (χ1) is 7.72. The Labute approximate surface area is 95.5 Å². The van der Waals surface area contributed by atoms with Crippen LogP contribution in [0, 0.1) is 0 Å². The van der Waals surface area contributed by atoms with Crippen LogP contribution >= 0.6 is 0 Å². The summed E-state index contributed by atoms with van der Waals surface area (Å²) in [5, 5.41) is 11.9. The third-order valence-corrected chi connectivity index (χ3v) is 2.27. The van der Waals surface area contributed by atoms with Crippen molar-refractivity contribution in [1.29, 1.82) is 0 Å². The third-order valence-electron chi connectivity index (χ3n) is 2.27. The van der Waals surface area contributed by atoms with E-state index in [1.807, 2.05) is 24.3 Å². The molecule has 0 bridgehead atoms. The van der Waals surface area contributed by atoms with Gasteiger partial charge in [0.1, 0.15) is 0 Å². The second-order valence-corrected chi connectivity index (χ2v) is 3.69. The summed E-state index contributed by atoms with van der Waals surface area (Å²) in [5.74, 6) is -0.802. The van der Waals surface area contributed by atoms with Crippen LogP contribution in [0.25, 0.3) is 0 Å². The molecule has 0 aliphatic heterocycles. The molecule has 0 spiro atoms. The van der Waals surface area contributed by atoms with Crippen molar-refractivity contribution in [3.63, 3.8) is 0 Å². The van der Waals surface area contributed by atoms with Gasteiger partial charge < -0.3 is 16.2 Å². The molecule has 1 rings (SSSR count). The second-order valence-electron chi connectivity index (χ2n) is 3.69. The molecule has 4 nitrogen and oxygen atoms in total. The van der Waals surface area contributed by atoms with Crippen molar-refractivity contribution in [2.45, 2.75) is 19.3 Å². The van der Waals surface area contributed by atoms with E-state index < -0.39 is 5.97 Å². The van der Waals surface area contributed by atoms with Gasteiger partial charge in [-0.2, -0.15) is 0 Å². The molecule has 0 radical (unpaired) electrons. The Hall–Kier alpha value is -1.55. The van der Waals surface area contributed by atoms with Gasteiger partial charge in [0.25, 0.3) is 0 Å². The van der Waals surface area contributed by atoms with Crippen LogP contribution in [0.15, 0.2) is 24.3 Å². The molecule has 0 aliphatic carbocycles. The average Bonchev–Trinajstić information content (AvgIpc) is 2.26. The number of hydrogen-bond donors (Lipinski definition) is 3. The summed E-state index contributed by atoms with van der Waals surface area (Å²) in [5.41, 5.74) is 7.23. The Kier molecular flexibility index (Phi) is 5.36. The first-order valence-corrected chi connectivity index (χ1v) is 5.47. The van der Waals surface area contributed by atoms with Crippen molar-refractivity contribution in [3.05, 3.63) is 29.8 Å². The Morgan fingerprint density at radius 2 is 1.94 bits per heavy atom. The largest absolute Gasteiger partial charge is 0.481 e. The average molecular weight is 222 g/mol. The Bertz CT molecular complexity index is 322. The number of carboxylic acid groups (broad SMARTS) is 1. The topological polar surface area (TPSA) is 75.3 Å². The number of carboxylic acids is 1. The van der Waals surface area contributed by atoms with Crippen LogP contribution in [0.3, 0.4) is 0 Å². The van der Waals surface area contributed by atoms with Gasteiger partial charge in [-0.15, -0.1) is 0 Å². The molecule has 1 aromatic rings. The normalized spacial score (nSPS) is 10.1. The number of anilines is 1. The van der Waals surface area contributed by atoms with Crippen LogP contribution < -0.4 is 11.1 Å². The molecule has 0 saturated heterocycles. The zero-order chi connectivity index (χ0) is 11.8. The van der Waals surface area contributed by atoms with Crippen molar-refractivity contribution < 1.29 is 9.90 Å². The number of nitrogens with two attached hydrogens (primary N) is 1. The zero-order valence-corrected chi connectivity index (χ0v) is 9.28. The standard InChI is InChI=1S/C12H18N2O2/c13-7-1-2-8-14-11-5-3-10(4-6-11)9-12(15)16/h3-6,14H,1-2,7-9,13H2,(H,15,16). The van der Waals surface area contributed by atoms with E-state index in [9.17, 15) is 4.79 Å². The fraction of sp³-hybridized carbons (Fsp3) is 0.417. The number of benzene rings is 1. The molecule has 88 valence electrons. The molecule has 0 aliphatic rings. The number of unbranched alkanes of at least 4 members (excludes halogenated alkanes) is 1. The molecule has 0 aromatic heterocycles. The number of rotatable bonds is 7. The third kappa shape index (κ3) is 4.79. The molecule has 1 aromatic carbocycles. The zero-order valence-electron chi connectivity index (χ0n) is 9.28. The maximum atomic E-state index is 10.5. The maximum Gasteiger partial charge on any atom is 0.307 e. The summed E-state index contributed by atoms with van der Waals surface area (Å²) in [7, 11) is 0. The lowest BCUT2D eigenvalue weighted by atomic mass is 10.1. The molecule has 0 unspecified atom stereocenters. The summed E-state index contributed by atoms with van der Waals surface area (Å²) in [4.78, 5) is 10.5. The van der Waals surface area contributed by atoms with E-state index in [2.05, 4.69) is 5.32 Å². The van der Waals surface area contributed by atoms with Crippen LogP contribution in [-0.2, 0) is 11.2 Å². The quantitative estimate of drug-likeness (QED) is 0.611. The summed E-state index contributed by atoms with van der Waals surface area (Å²) < 4.78 is 0. The highest BCUT2D eigenvalue weighted by Crippen LogP contribution is 2.10. The minimum absolute atomic E-state index is 0.0768. The number of hydrogen-bond acceptors (Lipinski definition) is 3. The van der Waals surface area contributed by atoms with Gasteiger partial charge in [0.05, 0.1) is 6.42 Å². The van der Waals surface area contributed by atoms with Gasteiger partial charge >= 0.3 is 5.97 Å². The van der Waals surface area contributed by atoms with Gasteiger partial charge in [0.15, 0.2) is 0 Å². The van der Waals surface area contributed by atoms with Gasteiger partial charge in [0.2, 0.25) is 0 Å². The highest BCUT2D eigenvalue weighted by Gasteiger charge is 1.99. The summed E-state index contributed by atoms with van der Waals surface area (Å²) >= 11 is 0. The monoisotopic (exact) mass is 222 g/mol. The molecule has 16 heavy (non-hydrogen) atoms. The number of carbonyl (C=O) groups is 1. The lowest BCUT2D eigenvalue weighted by Crippen LogP contribution is -2.06. The highest BCUT2D eigenvalue weighted by molar-refractivity contribution is 5.70. The van der Waals surface area contributed by atoms with Crippen LogP contribution in [0.5, 0.6) is 0 Å². The fourth-order valence-corrected chi connectivity index (χ4v) is 1.42. The molecule has 0 fully saturated rings. The van der Waals surface area contributed by atoms with Crippen molar-refractivity contribution in [3.8, 4) is 0 Å². The molecular formula is C12H18N2O2. The van der Waals surface area contributed by atoms with E-state index in [0.717, 1.165) is 37.2 Å². The van der Waals surface area contributed by atoms with Gasteiger partial charge in [0, 0.05) is 12.2 Å². The predicted molar refractivity (Wildman–Crippen MR) is 64.6 cm³/mol. The van der Waals surface area contributed by atoms with Crippen molar-refractivity contribution in [2.75, 3.05) is 18.4 Å². The summed E-state index contributed by atoms with van der Waals surface area (Å²) in [6, 6.07) is 7.47. The van der Waals surface area contributed by atoms with Crippen LogP contribution in [0.2, 0.25) is 0 Å². The van der Waals surface area contributed by atoms with Crippen molar-refractivity contribution >= 4 is 11.7 Å². The Morgan fingerprint density at radius 1 is 1.25 bits per heavy atom. The van der Waals surface area contributed by atoms with Gasteiger partial charge in [-0.1, -0.05) is 12.1 Å². The van der Waals surface area contributed by atoms with E-state index in [0.29, 0.717) is 0 Å². The first kappa shape index (κ1) is 12.5. The summed E-state index contributed by atoms with van der Waals surface area (Å²) in [6.07, 6.45) is 2.14. The van der Waals surface area contributed by atoms with Crippen molar-refractivity contribution in [1.82, 2.24) is 0 Å². The van der Waals surface area contributed by atoms with Crippen LogP contribution in [0.4, 0.5) is 5.69 Å². The molecule has 4 N–H and O–H groups in total. The minimum atomic E-state index is -0.802. The SMILES string of the molecule is NCCCCNc1ccc(CC(=O)O)cc1. The lowest BCUT2D eigenvalue weighted by molar-refractivity contribution is -0.136. The molecule has 4 heteroatoms. The predicted octanol–water partition coefficient (Wildman–Crippen LogP) is 1.46. The smallest absolute Gasteiger partial charge is 0.307 e. The van der Waals surface area contributed by atoms with E-state index in [1.165, 1.54) is 0 Å². The molecule has 0 heterocycles. The molecule has 0 atom stereocenters. The van der Waals surface area contributed by atoms with Gasteiger partial charge in [-0.05, 0) is 37.1 Å². The number of aliphatic carboxylic acids is 1. The van der Waals surface area contributed by atoms with Crippen LogP contribution in [-0.4, -0.2) is 24.2 Å². The van der Waals surface area contributed by atoms with E-state index >= 15 is 0 Å². The van der Waals surface area contributed by atoms with E-state index in [-0.39, 0.29) is 6.42 Å². The van der Waals surface area contributed by atoms with E-state index in [1.54, 1.807) is 0 Å². The van der Waals surface area contributed by atoms with E-state index in [4.69, 9.17) is 10.8 Å². The van der Waals surface area contributed by atoms with Gasteiger partial charge in [-0.25, -0.2) is 0 Å². The van der Waals surface area contributed by atoms with Crippen molar-refractivity contribution in [2.24, 2.45) is 5.73 Å².